The van der Waals surface area contributed by atoms with Crippen LogP contribution in [0.2, 0.25) is 0 Å². The Kier molecular flexibility index (Phi) is 4.78. The molecule has 4 nitrogen and oxygen atoms in total. The molecular weight excluding hydrogens is 196 g/mol. The van der Waals surface area contributed by atoms with Gasteiger partial charge in [0.15, 0.2) is 6.29 Å². The van der Waals surface area contributed by atoms with Gasteiger partial charge in [0, 0.05) is 12.5 Å². The molecule has 86 valence electrons. The van der Waals surface area contributed by atoms with Crippen LogP contribution in [0.1, 0.15) is 13.8 Å². The van der Waals surface area contributed by atoms with E-state index in [2.05, 4.69) is 6.58 Å². The predicted molar refractivity (Wildman–Crippen MR) is 55.2 cm³/mol. The number of esters is 1. The van der Waals surface area contributed by atoms with Crippen LogP contribution in [-0.2, 0) is 19.0 Å². The number of carbonyl (C=O) groups is 1. The number of hydrogen-bond acceptors (Lipinski definition) is 4. The van der Waals surface area contributed by atoms with Crippen molar-refractivity contribution in [3.8, 4) is 0 Å². The summed E-state index contributed by atoms with van der Waals surface area (Å²) in [5, 5.41) is 0. The number of hydrogen-bond donors (Lipinski definition) is 0. The van der Waals surface area contributed by atoms with E-state index in [4.69, 9.17) is 14.2 Å². The van der Waals surface area contributed by atoms with Gasteiger partial charge in [0.1, 0.15) is 5.92 Å². The van der Waals surface area contributed by atoms with Crippen molar-refractivity contribution in [1.29, 1.82) is 0 Å². The maximum atomic E-state index is 11.7. The van der Waals surface area contributed by atoms with Crippen molar-refractivity contribution in [3.05, 3.63) is 12.7 Å². The van der Waals surface area contributed by atoms with E-state index in [0.717, 1.165) is 0 Å². The lowest BCUT2D eigenvalue weighted by atomic mass is 9.95. The van der Waals surface area contributed by atoms with E-state index in [0.29, 0.717) is 19.8 Å². The highest BCUT2D eigenvalue weighted by molar-refractivity contribution is 5.74. The minimum absolute atomic E-state index is 0.0133. The molecule has 0 saturated carbocycles. The molecule has 0 N–H and O–H groups in total. The molecule has 3 atom stereocenters. The summed E-state index contributed by atoms with van der Waals surface area (Å²) in [5.74, 6) is -0.652. The van der Waals surface area contributed by atoms with Gasteiger partial charge in [-0.2, -0.15) is 0 Å². The van der Waals surface area contributed by atoms with Crippen LogP contribution < -0.4 is 0 Å². The molecule has 0 unspecified atom stereocenters. The minimum atomic E-state index is -0.489. The molecule has 0 aromatic heterocycles. The largest absolute Gasteiger partial charge is 0.466 e. The molecule has 0 amide bonds. The van der Waals surface area contributed by atoms with Crippen LogP contribution >= 0.6 is 0 Å². The number of rotatable bonds is 5. The first kappa shape index (κ1) is 12.2. The first-order chi connectivity index (χ1) is 7.24. The number of ether oxygens (including phenoxy) is 3. The Labute approximate surface area is 90.2 Å². The SMILES string of the molecule is C=C[C@@H]1CO[C@@H](OCC)[C@@H]1C(=O)OCC. The maximum Gasteiger partial charge on any atom is 0.314 e. The van der Waals surface area contributed by atoms with Crippen molar-refractivity contribution >= 4 is 5.97 Å². The molecule has 1 aliphatic rings. The van der Waals surface area contributed by atoms with E-state index in [1.165, 1.54) is 0 Å². The lowest BCUT2D eigenvalue weighted by Crippen LogP contribution is -2.32. The quantitative estimate of drug-likeness (QED) is 0.512. The molecule has 0 bridgehead atoms. The van der Waals surface area contributed by atoms with Crippen molar-refractivity contribution < 1.29 is 19.0 Å². The van der Waals surface area contributed by atoms with Crippen LogP contribution in [0, 0.1) is 11.8 Å². The van der Waals surface area contributed by atoms with Gasteiger partial charge in [-0.15, -0.1) is 6.58 Å². The van der Waals surface area contributed by atoms with Gasteiger partial charge in [0.05, 0.1) is 13.2 Å². The minimum Gasteiger partial charge on any atom is -0.466 e. The highest BCUT2D eigenvalue weighted by atomic mass is 16.7. The molecule has 1 fully saturated rings. The zero-order valence-corrected chi connectivity index (χ0v) is 9.27. The fraction of sp³-hybridized carbons (Fsp3) is 0.727. The lowest BCUT2D eigenvalue weighted by molar-refractivity contribution is -0.168. The lowest BCUT2D eigenvalue weighted by Gasteiger charge is -2.19. The van der Waals surface area contributed by atoms with Crippen LogP contribution in [0.3, 0.4) is 0 Å². The zero-order chi connectivity index (χ0) is 11.3. The standard InChI is InChI=1S/C11H18O4/c1-4-8-7-15-11(14-6-3)9(8)10(12)13-5-2/h4,8-9,11H,1,5-7H2,2-3H3/t8-,9+,11-/m1/s1. The topological polar surface area (TPSA) is 44.8 Å². The molecule has 1 saturated heterocycles. The molecule has 1 aliphatic heterocycles. The van der Waals surface area contributed by atoms with Crippen molar-refractivity contribution in [2.24, 2.45) is 11.8 Å². The Hall–Kier alpha value is -0.870. The van der Waals surface area contributed by atoms with Crippen LogP contribution in [0.4, 0.5) is 0 Å². The van der Waals surface area contributed by atoms with Crippen LogP contribution in [0.25, 0.3) is 0 Å². The first-order valence-electron chi connectivity index (χ1n) is 5.27. The summed E-state index contributed by atoms with van der Waals surface area (Å²) in [4.78, 5) is 11.7. The maximum absolute atomic E-state index is 11.7. The van der Waals surface area contributed by atoms with Gasteiger partial charge in [-0.3, -0.25) is 4.79 Å². The molecule has 0 aliphatic carbocycles. The Balaban J connectivity index is 2.66. The first-order valence-corrected chi connectivity index (χ1v) is 5.27. The van der Waals surface area contributed by atoms with E-state index < -0.39 is 6.29 Å². The molecule has 1 rings (SSSR count). The highest BCUT2D eigenvalue weighted by Crippen LogP contribution is 2.29. The molecule has 0 radical (unpaired) electrons. The zero-order valence-electron chi connectivity index (χ0n) is 9.27. The van der Waals surface area contributed by atoms with E-state index in [1.807, 2.05) is 6.92 Å². The Morgan fingerprint density at radius 2 is 2.27 bits per heavy atom. The summed E-state index contributed by atoms with van der Waals surface area (Å²) in [5.41, 5.74) is 0. The second-order valence-electron chi connectivity index (χ2n) is 3.33. The second kappa shape index (κ2) is 5.88. The third kappa shape index (κ3) is 2.79. The summed E-state index contributed by atoms with van der Waals surface area (Å²) in [6, 6.07) is 0. The molecule has 4 heteroatoms. The van der Waals surface area contributed by atoms with Gasteiger partial charge < -0.3 is 14.2 Å². The van der Waals surface area contributed by atoms with Crippen LogP contribution in [-0.4, -0.2) is 32.1 Å². The van der Waals surface area contributed by atoms with Crippen LogP contribution in [0.15, 0.2) is 12.7 Å². The van der Waals surface area contributed by atoms with Gasteiger partial charge in [0.2, 0.25) is 0 Å². The molecule has 0 aromatic carbocycles. The molecule has 0 spiro atoms. The van der Waals surface area contributed by atoms with E-state index in [-0.39, 0.29) is 17.8 Å². The average molecular weight is 214 g/mol. The van der Waals surface area contributed by atoms with Crippen molar-refractivity contribution in [1.82, 2.24) is 0 Å². The van der Waals surface area contributed by atoms with Gasteiger partial charge in [-0.1, -0.05) is 6.08 Å². The summed E-state index contributed by atoms with van der Waals surface area (Å²) in [7, 11) is 0. The molecule has 15 heavy (non-hydrogen) atoms. The van der Waals surface area contributed by atoms with E-state index >= 15 is 0 Å². The van der Waals surface area contributed by atoms with E-state index in [9.17, 15) is 4.79 Å². The monoisotopic (exact) mass is 214 g/mol. The Bertz CT molecular complexity index is 227. The predicted octanol–water partition coefficient (Wildman–Crippen LogP) is 1.36. The smallest absolute Gasteiger partial charge is 0.314 e. The Morgan fingerprint density at radius 3 is 2.80 bits per heavy atom. The normalized spacial score (nSPS) is 30.1. The third-order valence-corrected chi connectivity index (χ3v) is 2.40. The van der Waals surface area contributed by atoms with Crippen molar-refractivity contribution in [3.63, 3.8) is 0 Å². The fourth-order valence-corrected chi connectivity index (χ4v) is 1.67. The molecule has 1 heterocycles. The molecule has 0 aromatic rings. The number of carbonyl (C=O) groups excluding carboxylic acids is 1. The third-order valence-electron chi connectivity index (χ3n) is 2.40. The summed E-state index contributed by atoms with van der Waals surface area (Å²) in [6.45, 7) is 8.70. The highest BCUT2D eigenvalue weighted by Gasteiger charge is 2.42. The fourth-order valence-electron chi connectivity index (χ4n) is 1.67. The Morgan fingerprint density at radius 1 is 1.53 bits per heavy atom. The van der Waals surface area contributed by atoms with Gasteiger partial charge in [-0.25, -0.2) is 0 Å². The van der Waals surface area contributed by atoms with Gasteiger partial charge in [-0.05, 0) is 13.8 Å². The summed E-state index contributed by atoms with van der Waals surface area (Å²) < 4.78 is 15.7. The van der Waals surface area contributed by atoms with Gasteiger partial charge >= 0.3 is 5.97 Å². The second-order valence-corrected chi connectivity index (χ2v) is 3.33. The van der Waals surface area contributed by atoms with Crippen molar-refractivity contribution in [2.45, 2.75) is 20.1 Å². The van der Waals surface area contributed by atoms with Crippen molar-refractivity contribution in [2.75, 3.05) is 19.8 Å². The average Bonchev–Trinajstić information content (AvgIpc) is 2.62. The van der Waals surface area contributed by atoms with Gasteiger partial charge in [0.25, 0.3) is 0 Å². The summed E-state index contributed by atoms with van der Waals surface area (Å²) in [6.07, 6.45) is 1.23. The van der Waals surface area contributed by atoms with Crippen LogP contribution in [0.5, 0.6) is 0 Å². The molecular formula is C11H18O4. The summed E-state index contributed by atoms with van der Waals surface area (Å²) >= 11 is 0. The van der Waals surface area contributed by atoms with E-state index in [1.54, 1.807) is 13.0 Å².